The Morgan fingerprint density at radius 1 is 1.14 bits per heavy atom. The molecule has 2 aromatic carbocycles. The molecule has 1 N–H and O–H groups in total. The molecule has 1 amide bonds. The van der Waals surface area contributed by atoms with Crippen LogP contribution in [0, 0.1) is 36.7 Å². The van der Waals surface area contributed by atoms with Crippen LogP contribution in [0.3, 0.4) is 0 Å². The summed E-state index contributed by atoms with van der Waals surface area (Å²) in [6.07, 6.45) is 0. The van der Waals surface area contributed by atoms with E-state index >= 15 is 0 Å². The third kappa shape index (κ3) is 3.11. The SMILES string of the molecule is Cc1ccc(NC(=O)c2cc(F)c(C)c([N+](=O)[O-])c2)cc1C. The molecule has 0 aromatic heterocycles. The van der Waals surface area contributed by atoms with Crippen LogP contribution in [0.4, 0.5) is 15.8 Å². The number of amides is 1. The molecule has 22 heavy (non-hydrogen) atoms. The lowest BCUT2D eigenvalue weighted by molar-refractivity contribution is -0.385. The number of nitrogens with zero attached hydrogens (tertiary/aromatic N) is 1. The maximum absolute atomic E-state index is 13.7. The summed E-state index contributed by atoms with van der Waals surface area (Å²) in [4.78, 5) is 22.3. The number of hydrogen-bond acceptors (Lipinski definition) is 3. The second-order valence-electron chi connectivity index (χ2n) is 5.11. The number of anilines is 1. The van der Waals surface area contributed by atoms with Crippen LogP contribution in [0.15, 0.2) is 30.3 Å². The van der Waals surface area contributed by atoms with Gasteiger partial charge in [-0.25, -0.2) is 4.39 Å². The first-order valence-electron chi connectivity index (χ1n) is 6.62. The molecular weight excluding hydrogens is 287 g/mol. The zero-order valence-corrected chi connectivity index (χ0v) is 12.4. The monoisotopic (exact) mass is 302 g/mol. The van der Waals surface area contributed by atoms with Gasteiger partial charge in [-0.2, -0.15) is 0 Å². The molecule has 0 radical (unpaired) electrons. The summed E-state index contributed by atoms with van der Waals surface area (Å²) in [5.74, 6) is -1.37. The number of carbonyl (C=O) groups excluding carboxylic acids is 1. The quantitative estimate of drug-likeness (QED) is 0.690. The van der Waals surface area contributed by atoms with Gasteiger partial charge in [0.15, 0.2) is 0 Å². The van der Waals surface area contributed by atoms with Gasteiger partial charge in [0, 0.05) is 17.3 Å². The smallest absolute Gasteiger partial charge is 0.276 e. The standard InChI is InChI=1S/C16H15FN2O3/c1-9-4-5-13(6-10(9)2)18-16(20)12-7-14(17)11(3)15(8-12)19(21)22/h4-8H,1-3H3,(H,18,20). The van der Waals surface area contributed by atoms with Crippen molar-refractivity contribution in [2.45, 2.75) is 20.8 Å². The Balaban J connectivity index is 2.33. The number of hydrogen-bond donors (Lipinski definition) is 1. The lowest BCUT2D eigenvalue weighted by Crippen LogP contribution is -2.13. The number of nitrogens with one attached hydrogen (secondary N) is 1. The second kappa shape index (κ2) is 5.93. The molecule has 2 rings (SSSR count). The molecule has 0 aliphatic rings. The van der Waals surface area contributed by atoms with Gasteiger partial charge >= 0.3 is 0 Å². The van der Waals surface area contributed by atoms with Crippen LogP contribution in [-0.2, 0) is 0 Å². The van der Waals surface area contributed by atoms with Gasteiger partial charge in [-0.1, -0.05) is 6.07 Å². The van der Waals surface area contributed by atoms with Crippen molar-refractivity contribution >= 4 is 17.3 Å². The van der Waals surface area contributed by atoms with Crippen LogP contribution in [-0.4, -0.2) is 10.8 Å². The lowest BCUT2D eigenvalue weighted by atomic mass is 10.1. The van der Waals surface area contributed by atoms with E-state index in [4.69, 9.17) is 0 Å². The van der Waals surface area contributed by atoms with Crippen LogP contribution in [0.25, 0.3) is 0 Å². The lowest BCUT2D eigenvalue weighted by Gasteiger charge is -2.08. The van der Waals surface area contributed by atoms with Gasteiger partial charge in [-0.3, -0.25) is 14.9 Å². The molecule has 0 saturated carbocycles. The van der Waals surface area contributed by atoms with Crippen molar-refractivity contribution in [2.75, 3.05) is 5.32 Å². The van der Waals surface area contributed by atoms with E-state index < -0.39 is 22.3 Å². The third-order valence-electron chi connectivity index (χ3n) is 3.54. The molecular formula is C16H15FN2O3. The molecule has 6 heteroatoms. The van der Waals surface area contributed by atoms with E-state index in [0.29, 0.717) is 5.69 Å². The van der Waals surface area contributed by atoms with Crippen molar-refractivity contribution in [1.29, 1.82) is 0 Å². The number of carbonyl (C=O) groups is 1. The Morgan fingerprint density at radius 2 is 1.82 bits per heavy atom. The summed E-state index contributed by atoms with van der Waals surface area (Å²) in [5, 5.41) is 13.5. The zero-order chi connectivity index (χ0) is 16.4. The summed E-state index contributed by atoms with van der Waals surface area (Å²) < 4.78 is 13.7. The highest BCUT2D eigenvalue weighted by Crippen LogP contribution is 2.23. The first-order valence-corrected chi connectivity index (χ1v) is 6.62. The number of benzene rings is 2. The number of halogens is 1. The number of nitro benzene ring substituents is 1. The van der Waals surface area contributed by atoms with Gasteiger partial charge in [0.25, 0.3) is 11.6 Å². The zero-order valence-electron chi connectivity index (χ0n) is 12.4. The van der Waals surface area contributed by atoms with Crippen molar-refractivity contribution in [3.05, 3.63) is 68.5 Å². The van der Waals surface area contributed by atoms with E-state index in [-0.39, 0.29) is 11.1 Å². The van der Waals surface area contributed by atoms with Crippen molar-refractivity contribution in [3.63, 3.8) is 0 Å². The molecule has 0 fully saturated rings. The van der Waals surface area contributed by atoms with Crippen LogP contribution in [0.5, 0.6) is 0 Å². The predicted octanol–water partition coefficient (Wildman–Crippen LogP) is 3.91. The van der Waals surface area contributed by atoms with E-state index in [0.717, 1.165) is 23.3 Å². The van der Waals surface area contributed by atoms with E-state index in [1.54, 1.807) is 12.1 Å². The van der Waals surface area contributed by atoms with Gasteiger partial charge in [0.1, 0.15) is 5.82 Å². The minimum atomic E-state index is -0.778. The normalized spacial score (nSPS) is 10.4. The van der Waals surface area contributed by atoms with Crippen molar-refractivity contribution in [3.8, 4) is 0 Å². The fraction of sp³-hybridized carbons (Fsp3) is 0.188. The summed E-state index contributed by atoms with van der Waals surface area (Å²) >= 11 is 0. The van der Waals surface area contributed by atoms with E-state index in [1.165, 1.54) is 6.92 Å². The molecule has 5 nitrogen and oxygen atoms in total. The Kier molecular flexibility index (Phi) is 4.21. The predicted molar refractivity (Wildman–Crippen MR) is 81.7 cm³/mol. The average molecular weight is 302 g/mol. The third-order valence-corrected chi connectivity index (χ3v) is 3.54. The van der Waals surface area contributed by atoms with Gasteiger partial charge in [0.2, 0.25) is 0 Å². The summed E-state index contributed by atoms with van der Waals surface area (Å²) in [7, 11) is 0. The molecule has 114 valence electrons. The topological polar surface area (TPSA) is 72.2 Å². The number of aryl methyl sites for hydroxylation is 2. The molecule has 0 saturated heterocycles. The van der Waals surface area contributed by atoms with E-state index in [1.807, 2.05) is 19.9 Å². The molecule has 0 unspecified atom stereocenters. The van der Waals surface area contributed by atoms with Gasteiger partial charge in [0.05, 0.1) is 10.5 Å². The van der Waals surface area contributed by atoms with Crippen molar-refractivity contribution < 1.29 is 14.1 Å². The maximum Gasteiger partial charge on any atom is 0.276 e. The fourth-order valence-corrected chi connectivity index (χ4v) is 2.01. The molecule has 2 aromatic rings. The number of nitro groups is 1. The van der Waals surface area contributed by atoms with Crippen molar-refractivity contribution in [1.82, 2.24) is 0 Å². The van der Waals surface area contributed by atoms with Crippen LogP contribution in [0.1, 0.15) is 27.0 Å². The minimum Gasteiger partial charge on any atom is -0.322 e. The first kappa shape index (κ1) is 15.6. The largest absolute Gasteiger partial charge is 0.322 e. The minimum absolute atomic E-state index is 0.0898. The first-order chi connectivity index (χ1) is 10.3. The molecule has 0 spiro atoms. The van der Waals surface area contributed by atoms with Crippen LogP contribution in [0.2, 0.25) is 0 Å². The Hall–Kier alpha value is -2.76. The van der Waals surface area contributed by atoms with E-state index in [9.17, 15) is 19.3 Å². The summed E-state index contributed by atoms with van der Waals surface area (Å²) in [6.45, 7) is 5.15. The molecule has 0 heterocycles. The Morgan fingerprint density at radius 3 is 2.41 bits per heavy atom. The average Bonchev–Trinajstić information content (AvgIpc) is 2.45. The van der Waals surface area contributed by atoms with Gasteiger partial charge in [-0.05, 0) is 50.1 Å². The summed E-state index contributed by atoms with van der Waals surface area (Å²) in [6, 6.07) is 7.43. The Bertz CT molecular complexity index is 772. The highest BCUT2D eigenvalue weighted by atomic mass is 19.1. The fourth-order valence-electron chi connectivity index (χ4n) is 2.01. The maximum atomic E-state index is 13.7. The highest BCUT2D eigenvalue weighted by Gasteiger charge is 2.19. The number of rotatable bonds is 3. The van der Waals surface area contributed by atoms with Gasteiger partial charge in [-0.15, -0.1) is 0 Å². The molecule has 0 bridgehead atoms. The molecule has 0 atom stereocenters. The molecule has 0 aliphatic carbocycles. The second-order valence-corrected chi connectivity index (χ2v) is 5.11. The molecule has 0 aliphatic heterocycles. The van der Waals surface area contributed by atoms with E-state index in [2.05, 4.69) is 5.32 Å². The van der Waals surface area contributed by atoms with Crippen molar-refractivity contribution in [2.24, 2.45) is 0 Å². The summed E-state index contributed by atoms with van der Waals surface area (Å²) in [5.41, 5.74) is 2.04. The van der Waals surface area contributed by atoms with Crippen LogP contribution >= 0.6 is 0 Å². The highest BCUT2D eigenvalue weighted by molar-refractivity contribution is 6.04. The Labute approximate surface area is 126 Å². The van der Waals surface area contributed by atoms with Gasteiger partial charge < -0.3 is 5.32 Å². The van der Waals surface area contributed by atoms with Crippen LogP contribution < -0.4 is 5.32 Å².